The standard InChI is InChI=1S/C11H14BrNO5S/c12-8-4-6-9(7-5-8)18-19(16,17)11(15)3-1-2-10(13)14/h4-7,11,15H,1-3H2,(H2,13,14). The van der Waals surface area contributed by atoms with Gasteiger partial charge < -0.3 is 15.0 Å². The zero-order valence-electron chi connectivity index (χ0n) is 9.95. The maximum absolute atomic E-state index is 11.7. The van der Waals surface area contributed by atoms with E-state index in [9.17, 15) is 18.3 Å². The minimum atomic E-state index is -4.14. The van der Waals surface area contributed by atoms with Gasteiger partial charge in [0, 0.05) is 10.9 Å². The van der Waals surface area contributed by atoms with E-state index in [0.717, 1.165) is 4.47 Å². The van der Waals surface area contributed by atoms with E-state index in [0.29, 0.717) is 0 Å². The first-order valence-electron chi connectivity index (χ1n) is 5.46. The summed E-state index contributed by atoms with van der Waals surface area (Å²) in [5.74, 6) is -0.435. The highest BCUT2D eigenvalue weighted by atomic mass is 79.9. The summed E-state index contributed by atoms with van der Waals surface area (Å²) in [5.41, 5.74) is 3.24. The Kier molecular flexibility index (Phi) is 5.77. The molecule has 1 aromatic rings. The molecule has 8 heteroatoms. The molecule has 0 saturated heterocycles. The molecule has 0 aliphatic carbocycles. The van der Waals surface area contributed by atoms with Crippen LogP contribution in [0.2, 0.25) is 0 Å². The monoisotopic (exact) mass is 351 g/mol. The third-order valence-electron chi connectivity index (χ3n) is 2.23. The van der Waals surface area contributed by atoms with Crippen molar-refractivity contribution in [3.63, 3.8) is 0 Å². The Morgan fingerprint density at radius 3 is 2.47 bits per heavy atom. The van der Waals surface area contributed by atoms with Gasteiger partial charge in [-0.25, -0.2) is 0 Å². The number of rotatable bonds is 7. The van der Waals surface area contributed by atoms with E-state index in [1.54, 1.807) is 12.1 Å². The van der Waals surface area contributed by atoms with E-state index in [1.807, 2.05) is 0 Å². The third kappa shape index (κ3) is 5.58. The average Bonchev–Trinajstić information content (AvgIpc) is 2.31. The van der Waals surface area contributed by atoms with Crippen LogP contribution in [0, 0.1) is 0 Å². The Labute approximate surface area is 119 Å². The van der Waals surface area contributed by atoms with Crippen LogP contribution in [0.15, 0.2) is 28.7 Å². The van der Waals surface area contributed by atoms with Gasteiger partial charge in [-0.3, -0.25) is 4.79 Å². The molecule has 19 heavy (non-hydrogen) atoms. The SMILES string of the molecule is NC(=O)CCCC(O)S(=O)(=O)Oc1ccc(Br)cc1. The number of halogens is 1. The number of hydrogen-bond donors (Lipinski definition) is 2. The van der Waals surface area contributed by atoms with Gasteiger partial charge in [0.05, 0.1) is 0 Å². The number of aliphatic hydroxyl groups excluding tert-OH is 1. The second-order valence-corrected chi connectivity index (χ2v) is 6.46. The molecule has 1 amide bonds. The summed E-state index contributed by atoms with van der Waals surface area (Å²) in [4.78, 5) is 10.5. The first-order valence-corrected chi connectivity index (χ1v) is 7.73. The van der Waals surface area contributed by atoms with Crippen LogP contribution >= 0.6 is 15.9 Å². The normalized spacial score (nSPS) is 12.9. The lowest BCUT2D eigenvalue weighted by molar-refractivity contribution is -0.118. The second kappa shape index (κ2) is 6.88. The summed E-state index contributed by atoms with van der Waals surface area (Å²) in [7, 11) is -4.14. The van der Waals surface area contributed by atoms with Crippen LogP contribution in [-0.4, -0.2) is 24.9 Å². The summed E-state index contributed by atoms with van der Waals surface area (Å²) in [6.45, 7) is 0. The maximum atomic E-state index is 11.7. The molecule has 0 spiro atoms. The Morgan fingerprint density at radius 1 is 1.37 bits per heavy atom. The number of carbonyl (C=O) groups is 1. The molecule has 0 aliphatic rings. The molecule has 1 unspecified atom stereocenters. The highest BCUT2D eigenvalue weighted by molar-refractivity contribution is 9.10. The fourth-order valence-corrected chi connectivity index (χ4v) is 2.49. The topological polar surface area (TPSA) is 107 Å². The lowest BCUT2D eigenvalue weighted by atomic mass is 10.2. The lowest BCUT2D eigenvalue weighted by Crippen LogP contribution is -2.26. The third-order valence-corrected chi connectivity index (χ3v) is 4.09. The summed E-state index contributed by atoms with van der Waals surface area (Å²) in [6.07, 6.45) is 0.0894. The number of carbonyl (C=O) groups excluding carboxylic acids is 1. The van der Waals surface area contributed by atoms with Crippen LogP contribution in [0.4, 0.5) is 0 Å². The van der Waals surface area contributed by atoms with Crippen molar-refractivity contribution in [2.45, 2.75) is 24.7 Å². The van der Waals surface area contributed by atoms with Gasteiger partial charge in [-0.05, 0) is 37.1 Å². The maximum Gasteiger partial charge on any atom is 0.336 e. The van der Waals surface area contributed by atoms with Crippen LogP contribution in [0.3, 0.4) is 0 Å². The van der Waals surface area contributed by atoms with Gasteiger partial charge in [-0.1, -0.05) is 15.9 Å². The van der Waals surface area contributed by atoms with Crippen LogP contribution in [-0.2, 0) is 14.9 Å². The number of nitrogens with two attached hydrogens (primary N) is 1. The van der Waals surface area contributed by atoms with E-state index in [4.69, 9.17) is 9.92 Å². The van der Waals surface area contributed by atoms with Crippen molar-refractivity contribution in [2.75, 3.05) is 0 Å². The van der Waals surface area contributed by atoms with Crippen LogP contribution in [0.25, 0.3) is 0 Å². The van der Waals surface area contributed by atoms with E-state index in [2.05, 4.69) is 15.9 Å². The first kappa shape index (κ1) is 15.9. The highest BCUT2D eigenvalue weighted by Crippen LogP contribution is 2.19. The molecule has 0 bridgehead atoms. The highest BCUT2D eigenvalue weighted by Gasteiger charge is 2.24. The number of hydrogen-bond acceptors (Lipinski definition) is 5. The number of primary amides is 1. The molecule has 1 atom stereocenters. The van der Waals surface area contributed by atoms with Crippen molar-refractivity contribution in [3.8, 4) is 5.75 Å². The van der Waals surface area contributed by atoms with Gasteiger partial charge in [-0.2, -0.15) is 8.42 Å². The number of benzene rings is 1. The smallest absolute Gasteiger partial charge is 0.336 e. The Hall–Kier alpha value is -1.12. The molecule has 106 valence electrons. The minimum absolute atomic E-state index is 0.0187. The van der Waals surface area contributed by atoms with Gasteiger partial charge in [0.25, 0.3) is 0 Å². The molecule has 0 aromatic heterocycles. The van der Waals surface area contributed by atoms with Crippen LogP contribution < -0.4 is 9.92 Å². The van der Waals surface area contributed by atoms with Crippen molar-refractivity contribution >= 4 is 32.0 Å². The van der Waals surface area contributed by atoms with E-state index < -0.39 is 21.5 Å². The summed E-state index contributed by atoms with van der Waals surface area (Å²) < 4.78 is 28.9. The molecule has 1 rings (SSSR count). The molecule has 3 N–H and O–H groups in total. The van der Waals surface area contributed by atoms with Crippen molar-refractivity contribution in [3.05, 3.63) is 28.7 Å². The molecule has 1 aromatic carbocycles. The van der Waals surface area contributed by atoms with Crippen molar-refractivity contribution in [1.82, 2.24) is 0 Å². The lowest BCUT2D eigenvalue weighted by Gasteiger charge is -2.12. The van der Waals surface area contributed by atoms with Gasteiger partial charge in [0.2, 0.25) is 5.91 Å². The van der Waals surface area contributed by atoms with E-state index >= 15 is 0 Å². The summed E-state index contributed by atoms with van der Waals surface area (Å²) in [6, 6.07) is 6.14. The zero-order chi connectivity index (χ0) is 14.5. The van der Waals surface area contributed by atoms with E-state index in [-0.39, 0.29) is 25.0 Å². The summed E-state index contributed by atoms with van der Waals surface area (Å²) >= 11 is 3.20. The molecular formula is C11H14BrNO5S. The fourth-order valence-electron chi connectivity index (χ4n) is 1.28. The number of amides is 1. The molecule has 0 radical (unpaired) electrons. The molecule has 0 heterocycles. The Morgan fingerprint density at radius 2 is 1.95 bits per heavy atom. The molecular weight excluding hydrogens is 338 g/mol. The molecule has 0 fully saturated rings. The van der Waals surface area contributed by atoms with Gasteiger partial charge in [0.15, 0.2) is 5.44 Å². The quantitative estimate of drug-likeness (QED) is 0.716. The number of aliphatic hydroxyl groups is 1. The predicted molar refractivity (Wildman–Crippen MR) is 72.7 cm³/mol. The molecule has 0 aliphatic heterocycles. The van der Waals surface area contributed by atoms with E-state index in [1.165, 1.54) is 12.1 Å². The Bertz CT molecular complexity index is 529. The van der Waals surface area contributed by atoms with Gasteiger partial charge >= 0.3 is 10.1 Å². The summed E-state index contributed by atoms with van der Waals surface area (Å²) in [5, 5.41) is 9.53. The average molecular weight is 352 g/mol. The largest absolute Gasteiger partial charge is 0.381 e. The predicted octanol–water partition coefficient (Wildman–Crippen LogP) is 1.13. The van der Waals surface area contributed by atoms with Crippen molar-refractivity contribution in [2.24, 2.45) is 5.73 Å². The fraction of sp³-hybridized carbons (Fsp3) is 0.364. The Balaban J connectivity index is 2.59. The zero-order valence-corrected chi connectivity index (χ0v) is 12.4. The van der Waals surface area contributed by atoms with Crippen molar-refractivity contribution < 1.29 is 22.5 Å². The van der Waals surface area contributed by atoms with Crippen molar-refractivity contribution in [1.29, 1.82) is 0 Å². The molecule has 0 saturated carbocycles. The molecule has 6 nitrogen and oxygen atoms in total. The van der Waals surface area contributed by atoms with Crippen LogP contribution in [0.5, 0.6) is 5.75 Å². The second-order valence-electron chi connectivity index (χ2n) is 3.84. The van der Waals surface area contributed by atoms with Gasteiger partial charge in [-0.15, -0.1) is 0 Å². The minimum Gasteiger partial charge on any atom is -0.381 e. The van der Waals surface area contributed by atoms with Gasteiger partial charge in [0.1, 0.15) is 5.75 Å². The first-order chi connectivity index (χ1) is 8.81. The van der Waals surface area contributed by atoms with Crippen LogP contribution in [0.1, 0.15) is 19.3 Å².